The highest BCUT2D eigenvalue weighted by atomic mass is 35.5. The van der Waals surface area contributed by atoms with Gasteiger partial charge in [0.2, 0.25) is 5.91 Å². The number of nitrogens with one attached hydrogen (secondary N) is 1. The summed E-state index contributed by atoms with van der Waals surface area (Å²) in [6.07, 6.45) is 1.75. The first-order valence-corrected chi connectivity index (χ1v) is 10.2. The molecule has 0 bridgehead atoms. The van der Waals surface area contributed by atoms with Crippen LogP contribution in [0.1, 0.15) is 30.5 Å². The molecule has 2 aromatic carbocycles. The maximum absolute atomic E-state index is 12.6. The largest absolute Gasteiger partial charge is 0.490 e. The third kappa shape index (κ3) is 4.22. The van der Waals surface area contributed by atoms with Gasteiger partial charge in [-0.25, -0.2) is 0 Å². The first-order chi connectivity index (χ1) is 13.5. The van der Waals surface area contributed by atoms with Crippen LogP contribution in [-0.2, 0) is 11.2 Å². The Kier molecular flexibility index (Phi) is 5.67. The minimum Gasteiger partial charge on any atom is -0.490 e. The number of benzene rings is 2. The molecule has 28 heavy (non-hydrogen) atoms. The molecule has 2 heterocycles. The van der Waals surface area contributed by atoms with Gasteiger partial charge in [0.15, 0.2) is 11.5 Å². The standard InChI is InChI=1S/C21H22Cl2N2O3/c1-13-18-11-20-19(27-5-2-6-28-20)7-14(18)3-4-25(13)12-21(26)24-17-9-15(22)8-16(23)10-17/h7-11,13H,2-6,12H2,1H3,(H,24,26)/t13-/m1/s1. The summed E-state index contributed by atoms with van der Waals surface area (Å²) in [6, 6.07) is 9.28. The number of rotatable bonds is 3. The zero-order valence-electron chi connectivity index (χ0n) is 15.6. The van der Waals surface area contributed by atoms with Gasteiger partial charge in [0, 0.05) is 34.7 Å². The number of nitrogens with zero attached hydrogens (tertiary/aromatic N) is 1. The lowest BCUT2D eigenvalue weighted by Gasteiger charge is -2.35. The molecule has 2 aliphatic heterocycles. The third-order valence-electron chi connectivity index (χ3n) is 5.17. The van der Waals surface area contributed by atoms with Crippen molar-refractivity contribution < 1.29 is 14.3 Å². The zero-order valence-corrected chi connectivity index (χ0v) is 17.1. The van der Waals surface area contributed by atoms with Gasteiger partial charge < -0.3 is 14.8 Å². The molecule has 5 nitrogen and oxygen atoms in total. The molecule has 0 unspecified atom stereocenters. The van der Waals surface area contributed by atoms with Gasteiger partial charge in [0.25, 0.3) is 0 Å². The average molecular weight is 421 g/mol. The second-order valence-corrected chi connectivity index (χ2v) is 8.02. The molecule has 148 valence electrons. The van der Waals surface area contributed by atoms with Crippen molar-refractivity contribution >= 4 is 34.8 Å². The molecular formula is C21H22Cl2N2O3. The third-order valence-corrected chi connectivity index (χ3v) is 5.60. The topological polar surface area (TPSA) is 50.8 Å². The number of amides is 1. The molecule has 2 aliphatic rings. The molecule has 4 rings (SSSR count). The normalized spacial score (nSPS) is 18.9. The van der Waals surface area contributed by atoms with Gasteiger partial charge in [0.1, 0.15) is 0 Å². The van der Waals surface area contributed by atoms with Crippen LogP contribution in [0, 0.1) is 0 Å². The minimum absolute atomic E-state index is 0.0945. The van der Waals surface area contributed by atoms with Crippen LogP contribution in [0.3, 0.4) is 0 Å². The molecule has 7 heteroatoms. The second kappa shape index (κ2) is 8.19. The summed E-state index contributed by atoms with van der Waals surface area (Å²) < 4.78 is 11.6. The molecule has 0 saturated heterocycles. The number of hydrogen-bond donors (Lipinski definition) is 1. The van der Waals surface area contributed by atoms with E-state index >= 15 is 0 Å². The second-order valence-electron chi connectivity index (χ2n) is 7.15. The van der Waals surface area contributed by atoms with Gasteiger partial charge in [-0.15, -0.1) is 0 Å². The number of hydrogen-bond acceptors (Lipinski definition) is 4. The van der Waals surface area contributed by atoms with E-state index < -0.39 is 0 Å². The van der Waals surface area contributed by atoms with Gasteiger partial charge in [-0.1, -0.05) is 23.2 Å². The molecule has 1 amide bonds. The Morgan fingerprint density at radius 1 is 1.11 bits per heavy atom. The molecule has 0 aromatic heterocycles. The highest BCUT2D eigenvalue weighted by molar-refractivity contribution is 6.35. The number of carbonyl (C=O) groups excluding carboxylic acids is 1. The van der Waals surface area contributed by atoms with E-state index in [9.17, 15) is 4.79 Å². The number of carbonyl (C=O) groups is 1. The molecule has 0 saturated carbocycles. The van der Waals surface area contributed by atoms with Gasteiger partial charge in [0.05, 0.1) is 19.8 Å². The molecule has 0 aliphatic carbocycles. The van der Waals surface area contributed by atoms with Gasteiger partial charge in [-0.05, 0) is 54.8 Å². The van der Waals surface area contributed by atoms with E-state index in [1.165, 1.54) is 11.1 Å². The Hall–Kier alpha value is -1.95. The average Bonchev–Trinajstić information content (AvgIpc) is 2.86. The monoisotopic (exact) mass is 420 g/mol. The lowest BCUT2D eigenvalue weighted by molar-refractivity contribution is -0.117. The molecule has 0 fully saturated rings. The smallest absolute Gasteiger partial charge is 0.238 e. The molecule has 2 aromatic rings. The molecule has 1 N–H and O–H groups in total. The summed E-state index contributed by atoms with van der Waals surface area (Å²) in [4.78, 5) is 14.7. The van der Waals surface area contributed by atoms with Crippen LogP contribution in [-0.4, -0.2) is 37.1 Å². The summed E-state index contributed by atoms with van der Waals surface area (Å²) >= 11 is 12.0. The number of halogens is 2. The Morgan fingerprint density at radius 3 is 2.50 bits per heavy atom. The summed E-state index contributed by atoms with van der Waals surface area (Å²) in [5.41, 5.74) is 3.05. The maximum Gasteiger partial charge on any atom is 0.238 e. The number of anilines is 1. The first-order valence-electron chi connectivity index (χ1n) is 9.42. The van der Waals surface area contributed by atoms with E-state index in [1.54, 1.807) is 18.2 Å². The number of fused-ring (bicyclic) bond motifs is 2. The van der Waals surface area contributed by atoms with Crippen molar-refractivity contribution in [3.8, 4) is 11.5 Å². The highest BCUT2D eigenvalue weighted by Gasteiger charge is 2.28. The van der Waals surface area contributed by atoms with E-state index in [4.69, 9.17) is 32.7 Å². The van der Waals surface area contributed by atoms with Crippen molar-refractivity contribution in [2.75, 3.05) is 31.6 Å². The molecule has 0 spiro atoms. The van der Waals surface area contributed by atoms with Gasteiger partial charge >= 0.3 is 0 Å². The van der Waals surface area contributed by atoms with Crippen LogP contribution in [0.15, 0.2) is 30.3 Å². The minimum atomic E-state index is -0.0945. The zero-order chi connectivity index (χ0) is 19.7. The Balaban J connectivity index is 1.47. The van der Waals surface area contributed by atoms with Crippen molar-refractivity contribution in [1.82, 2.24) is 4.90 Å². The van der Waals surface area contributed by atoms with E-state index in [2.05, 4.69) is 29.3 Å². The molecule has 1 atom stereocenters. The number of ether oxygens (including phenoxy) is 2. The fraction of sp³-hybridized carbons (Fsp3) is 0.381. The van der Waals surface area contributed by atoms with Crippen LogP contribution < -0.4 is 14.8 Å². The van der Waals surface area contributed by atoms with E-state index in [1.807, 2.05) is 0 Å². The van der Waals surface area contributed by atoms with Crippen molar-refractivity contribution in [2.24, 2.45) is 0 Å². The van der Waals surface area contributed by atoms with E-state index in [0.29, 0.717) is 35.5 Å². The van der Waals surface area contributed by atoms with Crippen LogP contribution in [0.4, 0.5) is 5.69 Å². The maximum atomic E-state index is 12.6. The predicted molar refractivity (Wildman–Crippen MR) is 111 cm³/mol. The fourth-order valence-corrected chi connectivity index (χ4v) is 4.28. The lowest BCUT2D eigenvalue weighted by atomic mass is 9.93. The van der Waals surface area contributed by atoms with Crippen molar-refractivity contribution in [3.05, 3.63) is 51.5 Å². The van der Waals surface area contributed by atoms with E-state index in [-0.39, 0.29) is 11.9 Å². The van der Waals surface area contributed by atoms with Crippen LogP contribution in [0.5, 0.6) is 11.5 Å². The Labute approximate surface area is 174 Å². The Bertz CT molecular complexity index is 883. The predicted octanol–water partition coefficient (Wildman–Crippen LogP) is 4.71. The fourth-order valence-electron chi connectivity index (χ4n) is 3.75. The van der Waals surface area contributed by atoms with Crippen molar-refractivity contribution in [2.45, 2.75) is 25.8 Å². The van der Waals surface area contributed by atoms with Gasteiger partial charge in [-0.3, -0.25) is 9.69 Å². The van der Waals surface area contributed by atoms with Crippen LogP contribution in [0.2, 0.25) is 10.0 Å². The molecular weight excluding hydrogens is 399 g/mol. The lowest BCUT2D eigenvalue weighted by Crippen LogP contribution is -2.39. The summed E-state index contributed by atoms with van der Waals surface area (Å²) in [5, 5.41) is 3.86. The molecule has 0 radical (unpaired) electrons. The van der Waals surface area contributed by atoms with Gasteiger partial charge in [-0.2, -0.15) is 0 Å². The Morgan fingerprint density at radius 2 is 1.79 bits per heavy atom. The summed E-state index contributed by atoms with van der Waals surface area (Å²) in [5.74, 6) is 1.53. The summed E-state index contributed by atoms with van der Waals surface area (Å²) in [6.45, 7) is 4.55. The highest BCUT2D eigenvalue weighted by Crippen LogP contribution is 2.39. The van der Waals surface area contributed by atoms with Crippen LogP contribution in [0.25, 0.3) is 0 Å². The van der Waals surface area contributed by atoms with Crippen LogP contribution >= 0.6 is 23.2 Å². The first kappa shape index (κ1) is 19.4. The quantitative estimate of drug-likeness (QED) is 0.780. The summed E-state index contributed by atoms with van der Waals surface area (Å²) in [7, 11) is 0. The van der Waals surface area contributed by atoms with E-state index in [0.717, 1.165) is 30.9 Å². The van der Waals surface area contributed by atoms with Crippen molar-refractivity contribution in [1.29, 1.82) is 0 Å². The van der Waals surface area contributed by atoms with Crippen molar-refractivity contribution in [3.63, 3.8) is 0 Å². The SMILES string of the molecule is C[C@@H]1c2cc3c(cc2CCN1CC(=O)Nc1cc(Cl)cc(Cl)c1)OCCCO3.